The molecule has 0 bridgehead atoms. The number of ether oxygens (including phenoxy) is 1. The number of ketones is 1. The number of rotatable bonds is 7. The number of hydrogen-bond acceptors (Lipinski definition) is 7. The van der Waals surface area contributed by atoms with Gasteiger partial charge in [-0.05, 0) is 68.3 Å². The quantitative estimate of drug-likeness (QED) is 0.302. The van der Waals surface area contributed by atoms with Crippen LogP contribution in [0.4, 0.5) is 4.79 Å². The van der Waals surface area contributed by atoms with Crippen molar-refractivity contribution in [2.24, 2.45) is 10.7 Å². The van der Waals surface area contributed by atoms with E-state index in [4.69, 9.17) is 27.1 Å². The monoisotopic (exact) mass is 616 g/mol. The maximum absolute atomic E-state index is 14.5. The molecule has 2 aliphatic rings. The number of halogens is 1. The van der Waals surface area contributed by atoms with Crippen molar-refractivity contribution in [2.45, 2.75) is 44.9 Å². The van der Waals surface area contributed by atoms with E-state index >= 15 is 0 Å². The van der Waals surface area contributed by atoms with Crippen molar-refractivity contribution in [1.29, 1.82) is 0 Å². The molecule has 1 aromatic heterocycles. The largest absolute Gasteiger partial charge is 0.487 e. The molecule has 228 valence electrons. The van der Waals surface area contributed by atoms with E-state index in [1.54, 1.807) is 47.6 Å². The van der Waals surface area contributed by atoms with Crippen LogP contribution in [-0.2, 0) is 9.59 Å². The van der Waals surface area contributed by atoms with Crippen molar-refractivity contribution in [1.82, 2.24) is 20.1 Å². The zero-order valence-corrected chi connectivity index (χ0v) is 25.4. The number of aliphatic imine (C=N–C) groups is 1. The van der Waals surface area contributed by atoms with E-state index in [2.05, 4.69) is 10.3 Å². The molecular weight excluding hydrogens is 584 g/mol. The number of hydrogen-bond donors (Lipinski definition) is 2. The van der Waals surface area contributed by atoms with Gasteiger partial charge in [-0.3, -0.25) is 29.3 Å². The summed E-state index contributed by atoms with van der Waals surface area (Å²) in [6.07, 6.45) is 2.87. The van der Waals surface area contributed by atoms with Gasteiger partial charge < -0.3 is 20.7 Å². The van der Waals surface area contributed by atoms with E-state index in [0.717, 1.165) is 11.1 Å². The van der Waals surface area contributed by atoms with Crippen LogP contribution >= 0.6 is 11.6 Å². The molecule has 11 nitrogen and oxygen atoms in total. The Morgan fingerprint density at radius 2 is 1.75 bits per heavy atom. The zero-order valence-electron chi connectivity index (χ0n) is 24.6. The van der Waals surface area contributed by atoms with Gasteiger partial charge >= 0.3 is 6.03 Å². The first-order chi connectivity index (χ1) is 20.9. The van der Waals surface area contributed by atoms with Crippen LogP contribution in [0.2, 0.25) is 5.02 Å². The minimum Gasteiger partial charge on any atom is -0.487 e. The van der Waals surface area contributed by atoms with E-state index in [0.29, 0.717) is 35.3 Å². The third kappa shape index (κ3) is 6.73. The number of aromatic nitrogens is 1. The van der Waals surface area contributed by atoms with Gasteiger partial charge in [0.1, 0.15) is 29.8 Å². The fourth-order valence-corrected chi connectivity index (χ4v) is 5.39. The molecule has 3 aromatic rings. The van der Waals surface area contributed by atoms with Gasteiger partial charge in [0.05, 0.1) is 18.0 Å². The van der Waals surface area contributed by atoms with Gasteiger partial charge in [-0.25, -0.2) is 4.79 Å². The number of pyridine rings is 1. The minimum absolute atomic E-state index is 0.109. The molecule has 2 atom stereocenters. The Kier molecular flexibility index (Phi) is 8.68. The van der Waals surface area contributed by atoms with Crippen LogP contribution in [0.15, 0.2) is 72.0 Å². The molecule has 3 heterocycles. The third-order valence-corrected chi connectivity index (χ3v) is 7.39. The van der Waals surface area contributed by atoms with Crippen LogP contribution in [0.1, 0.15) is 66.3 Å². The maximum atomic E-state index is 14.5. The highest BCUT2D eigenvalue weighted by atomic mass is 35.5. The standard InChI is InChI=1S/C32H33ClN6O5/c1-32(2,3)44-25-16-21(24(40)17-26(34)41)6-9-23(25)30-37-28(19-10-12-35-13-11-19)29(20-4-7-22(33)8-5-20)39(30)31(43)38-15-14-36-27(42)18-38/h4-13,16,28-29H,14-15,17-18H2,1-3H3,(H2,34,41)(H,36,42)/t28-,29+/m0/s1. The Hall–Kier alpha value is -4.77. The predicted molar refractivity (Wildman–Crippen MR) is 164 cm³/mol. The highest BCUT2D eigenvalue weighted by Crippen LogP contribution is 2.45. The lowest BCUT2D eigenvalue weighted by molar-refractivity contribution is -0.123. The molecule has 44 heavy (non-hydrogen) atoms. The van der Waals surface area contributed by atoms with Crippen LogP contribution < -0.4 is 15.8 Å². The summed E-state index contributed by atoms with van der Waals surface area (Å²) in [6.45, 7) is 6.10. The molecular formula is C32H33ClN6O5. The average Bonchev–Trinajstić information content (AvgIpc) is 3.36. The number of piperazine rings is 1. The number of nitrogens with two attached hydrogens (primary N) is 1. The van der Waals surface area contributed by atoms with Crippen LogP contribution in [-0.4, -0.2) is 69.5 Å². The summed E-state index contributed by atoms with van der Waals surface area (Å²) in [5.74, 6) is -0.866. The van der Waals surface area contributed by atoms with Crippen LogP contribution in [0.25, 0.3) is 0 Å². The summed E-state index contributed by atoms with van der Waals surface area (Å²) in [6, 6.07) is 14.1. The van der Waals surface area contributed by atoms with E-state index in [1.807, 2.05) is 45.0 Å². The SMILES string of the molecule is CC(C)(C)Oc1cc(C(=O)CC(N)=O)ccc1C1=N[C@@H](c2ccncc2)[C@@H](c2ccc(Cl)cc2)N1C(=O)N1CCNC(=O)C1. The number of urea groups is 1. The molecule has 0 saturated carbocycles. The van der Waals surface area contributed by atoms with Gasteiger partial charge in [-0.2, -0.15) is 0 Å². The first kappa shape index (κ1) is 30.7. The Morgan fingerprint density at radius 1 is 1.05 bits per heavy atom. The zero-order chi connectivity index (χ0) is 31.6. The highest BCUT2D eigenvalue weighted by molar-refractivity contribution is 6.30. The normalized spacial score (nSPS) is 18.5. The van der Waals surface area contributed by atoms with Crippen molar-refractivity contribution in [2.75, 3.05) is 19.6 Å². The minimum atomic E-state index is -0.745. The number of amidine groups is 1. The lowest BCUT2D eigenvalue weighted by Gasteiger charge is -2.36. The van der Waals surface area contributed by atoms with Crippen molar-refractivity contribution < 1.29 is 23.9 Å². The van der Waals surface area contributed by atoms with Gasteiger partial charge in [0.25, 0.3) is 0 Å². The molecule has 1 fully saturated rings. The summed E-state index contributed by atoms with van der Waals surface area (Å²) >= 11 is 6.24. The van der Waals surface area contributed by atoms with Crippen LogP contribution in [0, 0.1) is 0 Å². The van der Waals surface area contributed by atoms with Gasteiger partial charge in [0.2, 0.25) is 11.8 Å². The second kappa shape index (κ2) is 12.5. The number of amides is 4. The third-order valence-electron chi connectivity index (χ3n) is 7.14. The number of carbonyl (C=O) groups is 4. The van der Waals surface area contributed by atoms with E-state index in [1.165, 1.54) is 4.90 Å². The molecule has 0 radical (unpaired) electrons. The van der Waals surface area contributed by atoms with Gasteiger partial charge in [-0.1, -0.05) is 29.8 Å². The Morgan fingerprint density at radius 3 is 2.39 bits per heavy atom. The molecule has 2 aliphatic heterocycles. The number of nitrogens with one attached hydrogen (secondary N) is 1. The number of nitrogens with zero attached hydrogens (tertiary/aromatic N) is 4. The van der Waals surface area contributed by atoms with E-state index in [-0.39, 0.29) is 18.0 Å². The molecule has 12 heteroatoms. The number of Topliss-reactive ketones (excluding diaryl/α,β-unsaturated/α-hetero) is 1. The molecule has 5 rings (SSSR count). The van der Waals surface area contributed by atoms with Crippen molar-refractivity contribution in [3.05, 3.63) is 94.3 Å². The molecule has 4 amide bonds. The molecule has 2 aromatic carbocycles. The summed E-state index contributed by atoms with van der Waals surface area (Å²) in [7, 11) is 0. The Balaban J connectivity index is 1.71. The fraction of sp³-hybridized carbons (Fsp3) is 0.312. The Bertz CT molecular complexity index is 1620. The highest BCUT2D eigenvalue weighted by Gasteiger charge is 2.45. The summed E-state index contributed by atoms with van der Waals surface area (Å²) in [4.78, 5) is 63.5. The molecule has 1 saturated heterocycles. The van der Waals surface area contributed by atoms with Crippen molar-refractivity contribution >= 4 is 41.1 Å². The van der Waals surface area contributed by atoms with Crippen LogP contribution in [0.5, 0.6) is 5.75 Å². The number of benzene rings is 2. The topological polar surface area (TPSA) is 147 Å². The molecule has 0 spiro atoms. The van der Waals surface area contributed by atoms with Crippen molar-refractivity contribution in [3.8, 4) is 5.75 Å². The average molecular weight is 617 g/mol. The number of primary amides is 1. The van der Waals surface area contributed by atoms with E-state index in [9.17, 15) is 19.2 Å². The molecule has 0 aliphatic carbocycles. The second-order valence-electron chi connectivity index (χ2n) is 11.6. The van der Waals surface area contributed by atoms with Gasteiger partial charge in [0, 0.05) is 36.1 Å². The Labute approximate surface area is 260 Å². The van der Waals surface area contributed by atoms with E-state index < -0.39 is 41.8 Å². The second-order valence-corrected chi connectivity index (χ2v) is 12.0. The first-order valence-corrected chi connectivity index (χ1v) is 14.5. The smallest absolute Gasteiger partial charge is 0.326 e. The maximum Gasteiger partial charge on any atom is 0.326 e. The van der Waals surface area contributed by atoms with Gasteiger partial charge in [0.15, 0.2) is 5.78 Å². The fourth-order valence-electron chi connectivity index (χ4n) is 5.26. The van der Waals surface area contributed by atoms with Gasteiger partial charge in [-0.15, -0.1) is 0 Å². The number of carbonyl (C=O) groups excluding carboxylic acids is 4. The van der Waals surface area contributed by atoms with Crippen LogP contribution in [0.3, 0.4) is 0 Å². The van der Waals surface area contributed by atoms with Crippen molar-refractivity contribution in [3.63, 3.8) is 0 Å². The summed E-state index contributed by atoms with van der Waals surface area (Å²) in [5.41, 5.74) is 6.87. The summed E-state index contributed by atoms with van der Waals surface area (Å²) < 4.78 is 6.34. The first-order valence-electron chi connectivity index (χ1n) is 14.1. The summed E-state index contributed by atoms with van der Waals surface area (Å²) in [5, 5.41) is 3.30. The lowest BCUT2D eigenvalue weighted by atomic mass is 9.94. The lowest BCUT2D eigenvalue weighted by Crippen LogP contribution is -2.55. The molecule has 3 N–H and O–H groups in total. The predicted octanol–water partition coefficient (Wildman–Crippen LogP) is 4.07. The molecule has 0 unspecified atom stereocenters.